The van der Waals surface area contributed by atoms with E-state index in [9.17, 15) is 4.79 Å². The number of likely N-dealkylation sites (tertiary alicyclic amines) is 1. The smallest absolute Gasteiger partial charge is 0.303 e. The van der Waals surface area contributed by atoms with E-state index >= 15 is 0 Å². The average molecular weight is 275 g/mol. The highest BCUT2D eigenvalue weighted by molar-refractivity contribution is 5.66. The van der Waals surface area contributed by atoms with Crippen LogP contribution in [0.3, 0.4) is 0 Å². The van der Waals surface area contributed by atoms with Gasteiger partial charge in [-0.25, -0.2) is 0 Å². The lowest BCUT2D eigenvalue weighted by Crippen LogP contribution is -2.37. The van der Waals surface area contributed by atoms with E-state index in [0.29, 0.717) is 18.4 Å². The molecule has 1 aromatic rings. The van der Waals surface area contributed by atoms with Crippen LogP contribution in [0, 0.1) is 12.8 Å². The van der Waals surface area contributed by atoms with Gasteiger partial charge in [0.25, 0.3) is 0 Å². The van der Waals surface area contributed by atoms with Crippen LogP contribution in [0.4, 0.5) is 0 Å². The monoisotopic (exact) mass is 275 g/mol. The summed E-state index contributed by atoms with van der Waals surface area (Å²) in [4.78, 5) is 13.2. The van der Waals surface area contributed by atoms with Crippen LogP contribution in [-0.4, -0.2) is 29.1 Å². The second-order valence-electron chi connectivity index (χ2n) is 6.02. The summed E-state index contributed by atoms with van der Waals surface area (Å²) in [5.74, 6) is -0.138. The molecule has 0 aliphatic carbocycles. The van der Waals surface area contributed by atoms with Crippen molar-refractivity contribution in [1.82, 2.24) is 4.90 Å². The maximum Gasteiger partial charge on any atom is 0.303 e. The van der Waals surface area contributed by atoms with Crippen molar-refractivity contribution in [1.29, 1.82) is 0 Å². The summed E-state index contributed by atoms with van der Waals surface area (Å²) in [6.45, 7) is 6.52. The van der Waals surface area contributed by atoms with Crippen LogP contribution in [0.1, 0.15) is 49.8 Å². The van der Waals surface area contributed by atoms with Gasteiger partial charge in [-0.3, -0.25) is 9.69 Å². The number of hydrogen-bond acceptors (Lipinski definition) is 2. The van der Waals surface area contributed by atoms with E-state index in [0.717, 1.165) is 19.5 Å². The molecule has 1 fully saturated rings. The maximum absolute atomic E-state index is 10.7. The Balaban J connectivity index is 1.94. The van der Waals surface area contributed by atoms with E-state index in [1.165, 1.54) is 24.0 Å². The number of aliphatic carboxylic acids is 1. The topological polar surface area (TPSA) is 40.5 Å². The largest absolute Gasteiger partial charge is 0.481 e. The Labute approximate surface area is 121 Å². The molecule has 20 heavy (non-hydrogen) atoms. The van der Waals surface area contributed by atoms with Crippen molar-refractivity contribution >= 4 is 5.97 Å². The van der Waals surface area contributed by atoms with Gasteiger partial charge in [0.05, 0.1) is 0 Å². The number of piperidine rings is 1. The highest BCUT2D eigenvalue weighted by atomic mass is 16.4. The van der Waals surface area contributed by atoms with Crippen molar-refractivity contribution < 1.29 is 9.90 Å². The van der Waals surface area contributed by atoms with Gasteiger partial charge in [-0.15, -0.1) is 0 Å². The predicted molar refractivity (Wildman–Crippen MR) is 80.8 cm³/mol. The Bertz CT molecular complexity index is 441. The molecule has 0 bridgehead atoms. The number of nitrogens with zero attached hydrogens (tertiary/aromatic N) is 1. The van der Waals surface area contributed by atoms with Crippen molar-refractivity contribution in [2.45, 2.75) is 45.6 Å². The minimum atomic E-state index is -0.672. The lowest BCUT2D eigenvalue weighted by molar-refractivity contribution is -0.137. The van der Waals surface area contributed by atoms with E-state index in [-0.39, 0.29) is 0 Å². The summed E-state index contributed by atoms with van der Waals surface area (Å²) in [6, 6.07) is 9.17. The maximum atomic E-state index is 10.7. The fraction of sp³-hybridized carbons (Fsp3) is 0.588. The highest BCUT2D eigenvalue weighted by Crippen LogP contribution is 2.28. The van der Waals surface area contributed by atoms with Gasteiger partial charge in [-0.05, 0) is 51.1 Å². The zero-order valence-electron chi connectivity index (χ0n) is 12.5. The van der Waals surface area contributed by atoms with Gasteiger partial charge in [0.2, 0.25) is 0 Å². The zero-order chi connectivity index (χ0) is 14.5. The van der Waals surface area contributed by atoms with E-state index in [4.69, 9.17) is 5.11 Å². The molecule has 0 saturated carbocycles. The quantitative estimate of drug-likeness (QED) is 0.892. The highest BCUT2D eigenvalue weighted by Gasteiger charge is 2.24. The van der Waals surface area contributed by atoms with Crippen molar-refractivity contribution in [2.24, 2.45) is 5.92 Å². The van der Waals surface area contributed by atoms with Gasteiger partial charge in [0.1, 0.15) is 0 Å². The molecule has 2 unspecified atom stereocenters. The van der Waals surface area contributed by atoms with Crippen LogP contribution in [-0.2, 0) is 4.79 Å². The van der Waals surface area contributed by atoms with E-state index in [2.05, 4.69) is 43.0 Å². The lowest BCUT2D eigenvalue weighted by Gasteiger charge is -2.37. The molecule has 1 heterocycles. The van der Waals surface area contributed by atoms with Crippen molar-refractivity contribution in [3.8, 4) is 0 Å². The summed E-state index contributed by atoms with van der Waals surface area (Å²) in [7, 11) is 0. The Kier molecular flexibility index (Phi) is 5.18. The standard InChI is InChI=1S/C17H25NO2/c1-13-5-8-16(9-6-13)14(2)18-11-3-4-15(12-18)7-10-17(19)20/h5-6,8-9,14-15H,3-4,7,10-12H2,1-2H3,(H,19,20). The second kappa shape index (κ2) is 6.89. The van der Waals surface area contributed by atoms with Gasteiger partial charge >= 0.3 is 5.97 Å². The summed E-state index contributed by atoms with van der Waals surface area (Å²) >= 11 is 0. The summed E-state index contributed by atoms with van der Waals surface area (Å²) in [6.07, 6.45) is 3.47. The van der Waals surface area contributed by atoms with Crippen LogP contribution in [0.25, 0.3) is 0 Å². The molecule has 3 nitrogen and oxygen atoms in total. The van der Waals surface area contributed by atoms with Gasteiger partial charge in [-0.1, -0.05) is 29.8 Å². The summed E-state index contributed by atoms with van der Waals surface area (Å²) in [5.41, 5.74) is 2.65. The Morgan fingerprint density at radius 1 is 1.40 bits per heavy atom. The molecule has 0 radical (unpaired) electrons. The molecule has 1 N–H and O–H groups in total. The number of aryl methyl sites for hydroxylation is 1. The van der Waals surface area contributed by atoms with Gasteiger partial charge in [-0.2, -0.15) is 0 Å². The average Bonchev–Trinajstić information content (AvgIpc) is 2.45. The molecular weight excluding hydrogens is 250 g/mol. The molecule has 1 aromatic carbocycles. The normalized spacial score (nSPS) is 21.6. The molecule has 1 saturated heterocycles. The molecule has 0 aromatic heterocycles. The Hall–Kier alpha value is -1.35. The Morgan fingerprint density at radius 2 is 2.10 bits per heavy atom. The number of hydrogen-bond donors (Lipinski definition) is 1. The first-order chi connectivity index (χ1) is 9.56. The predicted octanol–water partition coefficient (Wildman–Crippen LogP) is 3.63. The minimum absolute atomic E-state index is 0.303. The van der Waals surface area contributed by atoms with Crippen LogP contribution in [0.2, 0.25) is 0 Å². The first-order valence-electron chi connectivity index (χ1n) is 7.58. The molecular formula is C17H25NO2. The van der Waals surface area contributed by atoms with Gasteiger partial charge in [0.15, 0.2) is 0 Å². The molecule has 1 aliphatic heterocycles. The number of benzene rings is 1. The second-order valence-corrected chi connectivity index (χ2v) is 6.02. The van der Waals surface area contributed by atoms with Gasteiger partial charge < -0.3 is 5.11 Å². The lowest BCUT2D eigenvalue weighted by atomic mass is 9.91. The third-order valence-electron chi connectivity index (χ3n) is 4.42. The number of carboxylic acid groups (broad SMARTS) is 1. The van der Waals surface area contributed by atoms with Crippen LogP contribution < -0.4 is 0 Å². The van der Waals surface area contributed by atoms with Crippen molar-refractivity contribution in [3.63, 3.8) is 0 Å². The summed E-state index contributed by atoms with van der Waals surface area (Å²) in [5, 5.41) is 8.81. The molecule has 2 atom stereocenters. The number of carbonyl (C=O) groups is 1. The van der Waals surface area contributed by atoms with Crippen molar-refractivity contribution in [3.05, 3.63) is 35.4 Å². The molecule has 0 spiro atoms. The SMILES string of the molecule is Cc1ccc(C(C)N2CCCC(CCC(=O)O)C2)cc1. The van der Waals surface area contributed by atoms with E-state index in [1.54, 1.807) is 0 Å². The van der Waals surface area contributed by atoms with Crippen LogP contribution in [0.15, 0.2) is 24.3 Å². The first-order valence-corrected chi connectivity index (χ1v) is 7.58. The third kappa shape index (κ3) is 4.07. The molecule has 1 aliphatic rings. The Morgan fingerprint density at radius 3 is 2.75 bits per heavy atom. The third-order valence-corrected chi connectivity index (χ3v) is 4.42. The number of rotatable bonds is 5. The fourth-order valence-electron chi connectivity index (χ4n) is 3.07. The summed E-state index contributed by atoms with van der Waals surface area (Å²) < 4.78 is 0. The molecule has 2 rings (SSSR count). The molecule has 0 amide bonds. The zero-order valence-corrected chi connectivity index (χ0v) is 12.5. The van der Waals surface area contributed by atoms with Gasteiger partial charge in [0, 0.05) is 19.0 Å². The molecule has 3 heteroatoms. The fourth-order valence-corrected chi connectivity index (χ4v) is 3.07. The number of carboxylic acids is 1. The van der Waals surface area contributed by atoms with E-state index in [1.807, 2.05) is 0 Å². The van der Waals surface area contributed by atoms with Crippen LogP contribution in [0.5, 0.6) is 0 Å². The first kappa shape index (κ1) is 15.0. The molecule has 110 valence electrons. The van der Waals surface area contributed by atoms with Crippen molar-refractivity contribution in [2.75, 3.05) is 13.1 Å². The van der Waals surface area contributed by atoms with Crippen LogP contribution >= 0.6 is 0 Å². The van der Waals surface area contributed by atoms with E-state index < -0.39 is 5.97 Å². The minimum Gasteiger partial charge on any atom is -0.481 e.